The molecule has 3 aliphatic rings. The number of fused-ring (bicyclic) bond motifs is 2. The smallest absolute Gasteiger partial charge is 0.235 e. The number of aromatic hydroxyl groups is 1. The van der Waals surface area contributed by atoms with Crippen LogP contribution in [0, 0.1) is 0 Å². The molecule has 2 heterocycles. The van der Waals surface area contributed by atoms with E-state index in [2.05, 4.69) is 4.99 Å². The van der Waals surface area contributed by atoms with E-state index in [9.17, 15) is 9.90 Å². The van der Waals surface area contributed by atoms with Gasteiger partial charge in [-0.1, -0.05) is 0 Å². The summed E-state index contributed by atoms with van der Waals surface area (Å²) >= 11 is 0. The summed E-state index contributed by atoms with van der Waals surface area (Å²) in [5, 5.41) is 10.5. The van der Waals surface area contributed by atoms with E-state index in [4.69, 9.17) is 9.47 Å². The first-order valence-corrected chi connectivity index (χ1v) is 7.52. The molecule has 1 fully saturated rings. The number of phenols is 1. The van der Waals surface area contributed by atoms with Crippen molar-refractivity contribution in [2.45, 2.75) is 44.1 Å². The molecule has 0 aromatic heterocycles. The van der Waals surface area contributed by atoms with Gasteiger partial charge in [-0.2, -0.15) is 4.99 Å². The van der Waals surface area contributed by atoms with Crippen LogP contribution in [0.15, 0.2) is 4.99 Å². The number of isocyanates is 1. The summed E-state index contributed by atoms with van der Waals surface area (Å²) in [6.45, 7) is 1.25. The van der Waals surface area contributed by atoms with Crippen LogP contribution in [-0.2, 0) is 23.2 Å². The Morgan fingerprint density at radius 2 is 1.71 bits per heavy atom. The minimum atomic E-state index is -0.498. The maximum absolute atomic E-state index is 10.8. The molecular weight excluding hydrogens is 270 g/mol. The van der Waals surface area contributed by atoms with Gasteiger partial charge in [-0.3, -0.25) is 0 Å². The number of carbonyl (C=O) groups excluding carboxylic acids is 1. The Kier molecular flexibility index (Phi) is 2.73. The molecule has 21 heavy (non-hydrogen) atoms. The predicted octanol–water partition coefficient (Wildman–Crippen LogP) is 2.37. The fourth-order valence-corrected chi connectivity index (χ4v) is 3.54. The lowest BCUT2D eigenvalue weighted by molar-refractivity contribution is 0.251. The summed E-state index contributed by atoms with van der Waals surface area (Å²) in [6, 6.07) is 0. The van der Waals surface area contributed by atoms with Gasteiger partial charge >= 0.3 is 0 Å². The average molecular weight is 287 g/mol. The summed E-state index contributed by atoms with van der Waals surface area (Å²) in [5.74, 6) is 1.53. The Morgan fingerprint density at radius 1 is 1.05 bits per heavy atom. The molecule has 5 heteroatoms. The van der Waals surface area contributed by atoms with Crippen molar-refractivity contribution in [2.24, 2.45) is 4.99 Å². The molecule has 0 saturated heterocycles. The fraction of sp³-hybridized carbons (Fsp3) is 0.562. The standard InChI is InChI=1S/C16H17NO4/c18-9-17-16(5-6-16)12-10-3-1-8-21-15(10)13(19)11-4-2-7-20-14(11)12/h19H,1-8H2. The summed E-state index contributed by atoms with van der Waals surface area (Å²) in [4.78, 5) is 14.9. The van der Waals surface area contributed by atoms with E-state index >= 15 is 0 Å². The lowest BCUT2D eigenvalue weighted by atomic mass is 9.87. The average Bonchev–Trinajstić information content (AvgIpc) is 3.29. The molecule has 4 rings (SSSR count). The third-order valence-corrected chi connectivity index (χ3v) is 4.66. The first-order valence-electron chi connectivity index (χ1n) is 7.52. The van der Waals surface area contributed by atoms with Gasteiger partial charge in [0.05, 0.1) is 13.2 Å². The number of rotatable bonds is 2. The zero-order chi connectivity index (χ0) is 14.4. The van der Waals surface area contributed by atoms with Gasteiger partial charge in [-0.15, -0.1) is 0 Å². The molecule has 1 N–H and O–H groups in total. The monoisotopic (exact) mass is 287 g/mol. The topological polar surface area (TPSA) is 68.1 Å². The second kappa shape index (κ2) is 4.50. The number of nitrogens with zero attached hydrogens (tertiary/aromatic N) is 1. The lowest BCUT2D eigenvalue weighted by Gasteiger charge is -2.30. The molecule has 1 aliphatic carbocycles. The van der Waals surface area contributed by atoms with Crippen molar-refractivity contribution in [3.8, 4) is 17.2 Å². The third kappa shape index (κ3) is 1.77. The van der Waals surface area contributed by atoms with Gasteiger partial charge < -0.3 is 14.6 Å². The first-order chi connectivity index (χ1) is 10.3. The summed E-state index contributed by atoms with van der Waals surface area (Å²) in [6.07, 6.45) is 6.74. The Hall–Kier alpha value is -2.00. The van der Waals surface area contributed by atoms with Crippen molar-refractivity contribution in [3.63, 3.8) is 0 Å². The number of aliphatic imine (C=N–C) groups is 1. The number of hydrogen-bond donors (Lipinski definition) is 1. The van der Waals surface area contributed by atoms with Gasteiger partial charge in [-0.05, 0) is 38.5 Å². The molecule has 110 valence electrons. The second-order valence-corrected chi connectivity index (χ2v) is 5.98. The highest BCUT2D eigenvalue weighted by Crippen LogP contribution is 2.59. The maximum Gasteiger partial charge on any atom is 0.235 e. The van der Waals surface area contributed by atoms with Crippen LogP contribution < -0.4 is 9.47 Å². The molecule has 1 saturated carbocycles. The fourth-order valence-electron chi connectivity index (χ4n) is 3.54. The van der Waals surface area contributed by atoms with E-state index in [1.807, 2.05) is 0 Å². The number of ether oxygens (including phenoxy) is 2. The normalized spacial score (nSPS) is 21.1. The zero-order valence-corrected chi connectivity index (χ0v) is 11.8. The molecule has 0 radical (unpaired) electrons. The van der Waals surface area contributed by atoms with Gasteiger partial charge in [-0.25, -0.2) is 4.79 Å². The molecule has 0 amide bonds. The zero-order valence-electron chi connectivity index (χ0n) is 11.8. The third-order valence-electron chi connectivity index (χ3n) is 4.66. The molecule has 1 aromatic carbocycles. The van der Waals surface area contributed by atoms with E-state index in [0.717, 1.165) is 61.0 Å². The SMILES string of the molecule is O=C=NC1(c2c3c(c(O)c4c2OCCC4)OCCC3)CC1. The number of benzene rings is 1. The summed E-state index contributed by atoms with van der Waals surface area (Å²) in [7, 11) is 0. The quantitative estimate of drug-likeness (QED) is 0.670. The molecular formula is C16H17NO4. The van der Waals surface area contributed by atoms with Crippen LogP contribution in [0.2, 0.25) is 0 Å². The van der Waals surface area contributed by atoms with Crippen LogP contribution in [0.4, 0.5) is 0 Å². The van der Waals surface area contributed by atoms with E-state index in [1.54, 1.807) is 6.08 Å². The lowest BCUT2D eigenvalue weighted by Crippen LogP contribution is -2.20. The first kappa shape index (κ1) is 12.7. The Balaban J connectivity index is 2.01. The van der Waals surface area contributed by atoms with Crippen molar-refractivity contribution in [1.29, 1.82) is 0 Å². The number of phenolic OH excluding ortho intramolecular Hbond substituents is 1. The highest BCUT2D eigenvalue weighted by Gasteiger charge is 2.50. The van der Waals surface area contributed by atoms with Crippen LogP contribution in [0.5, 0.6) is 17.2 Å². The van der Waals surface area contributed by atoms with Crippen molar-refractivity contribution < 1.29 is 19.4 Å². The van der Waals surface area contributed by atoms with Crippen LogP contribution in [0.3, 0.4) is 0 Å². The Morgan fingerprint density at radius 3 is 2.38 bits per heavy atom. The van der Waals surface area contributed by atoms with Crippen LogP contribution >= 0.6 is 0 Å². The van der Waals surface area contributed by atoms with Crippen molar-refractivity contribution >= 4 is 6.08 Å². The Bertz CT molecular complexity index is 620. The van der Waals surface area contributed by atoms with Gasteiger partial charge in [0.25, 0.3) is 0 Å². The highest BCUT2D eigenvalue weighted by atomic mass is 16.5. The van der Waals surface area contributed by atoms with Crippen LogP contribution in [0.1, 0.15) is 42.4 Å². The summed E-state index contributed by atoms with van der Waals surface area (Å²) < 4.78 is 11.6. The molecule has 0 bridgehead atoms. The van der Waals surface area contributed by atoms with Crippen molar-refractivity contribution in [1.82, 2.24) is 0 Å². The molecule has 0 spiro atoms. The van der Waals surface area contributed by atoms with Crippen molar-refractivity contribution in [3.05, 3.63) is 16.7 Å². The predicted molar refractivity (Wildman–Crippen MR) is 74.8 cm³/mol. The second-order valence-electron chi connectivity index (χ2n) is 5.98. The minimum absolute atomic E-state index is 0.217. The molecule has 0 unspecified atom stereocenters. The van der Waals surface area contributed by atoms with Gasteiger partial charge in [0.1, 0.15) is 11.3 Å². The van der Waals surface area contributed by atoms with E-state index in [0.29, 0.717) is 19.0 Å². The summed E-state index contributed by atoms with van der Waals surface area (Å²) in [5.41, 5.74) is 2.25. The number of hydrogen-bond acceptors (Lipinski definition) is 5. The largest absolute Gasteiger partial charge is 0.504 e. The maximum atomic E-state index is 10.8. The van der Waals surface area contributed by atoms with Gasteiger partial charge in [0.2, 0.25) is 6.08 Å². The molecule has 2 aliphatic heterocycles. The highest BCUT2D eigenvalue weighted by molar-refractivity contribution is 5.67. The van der Waals surface area contributed by atoms with Gasteiger partial charge in [0, 0.05) is 16.7 Å². The van der Waals surface area contributed by atoms with Crippen LogP contribution in [0.25, 0.3) is 0 Å². The molecule has 5 nitrogen and oxygen atoms in total. The van der Waals surface area contributed by atoms with Crippen LogP contribution in [-0.4, -0.2) is 24.4 Å². The van der Waals surface area contributed by atoms with Crippen molar-refractivity contribution in [2.75, 3.05) is 13.2 Å². The minimum Gasteiger partial charge on any atom is -0.504 e. The van der Waals surface area contributed by atoms with E-state index < -0.39 is 5.54 Å². The molecule has 1 aromatic rings. The Labute approximate surface area is 122 Å². The van der Waals surface area contributed by atoms with E-state index in [1.165, 1.54) is 0 Å². The molecule has 0 atom stereocenters. The van der Waals surface area contributed by atoms with Gasteiger partial charge in [0.15, 0.2) is 11.5 Å². The van der Waals surface area contributed by atoms with E-state index in [-0.39, 0.29) is 5.75 Å².